The lowest BCUT2D eigenvalue weighted by atomic mass is 10.2. The number of ether oxygens (including phenoxy) is 1. The van der Waals surface area contributed by atoms with Crippen LogP contribution in [0.15, 0.2) is 12.2 Å². The number of morpholine rings is 1. The molecule has 2 unspecified atom stereocenters. The molecule has 2 aliphatic rings. The predicted octanol–water partition coefficient (Wildman–Crippen LogP) is 0.603. The molecule has 0 aromatic carbocycles. The molecular weight excluding hydrogens is 166 g/mol. The lowest BCUT2D eigenvalue weighted by Gasteiger charge is -2.30. The Bertz CT molecular complexity index is 227. The van der Waals surface area contributed by atoms with Crippen molar-refractivity contribution in [2.24, 2.45) is 0 Å². The maximum absolute atomic E-state index is 10.2. The number of fused-ring (bicyclic) bond motifs is 2. The van der Waals surface area contributed by atoms with E-state index in [2.05, 4.69) is 11.8 Å². The molecule has 0 amide bonds. The summed E-state index contributed by atoms with van der Waals surface area (Å²) < 4.78 is 5.50. The van der Waals surface area contributed by atoms with Gasteiger partial charge in [-0.3, -0.25) is 9.69 Å². The number of likely N-dealkylation sites (tertiary alicyclic amines) is 1. The predicted molar refractivity (Wildman–Crippen MR) is 49.5 cm³/mol. The molecule has 2 rings (SSSR count). The van der Waals surface area contributed by atoms with Crippen molar-refractivity contribution in [3.05, 3.63) is 12.2 Å². The third-order valence-corrected chi connectivity index (χ3v) is 2.93. The highest BCUT2D eigenvalue weighted by Crippen LogP contribution is 2.29. The van der Waals surface area contributed by atoms with E-state index in [1.807, 2.05) is 6.08 Å². The second-order valence-corrected chi connectivity index (χ2v) is 3.80. The van der Waals surface area contributed by atoms with Gasteiger partial charge in [-0.2, -0.15) is 0 Å². The summed E-state index contributed by atoms with van der Waals surface area (Å²) in [5.41, 5.74) is 0. The number of hydrogen-bond acceptors (Lipinski definition) is 3. The van der Waals surface area contributed by atoms with Crippen LogP contribution in [0, 0.1) is 0 Å². The number of rotatable bonds is 3. The molecule has 0 aromatic rings. The molecule has 3 heteroatoms. The molecule has 2 heterocycles. The van der Waals surface area contributed by atoms with Crippen LogP contribution in [0.3, 0.4) is 0 Å². The van der Waals surface area contributed by atoms with Crippen LogP contribution in [-0.4, -0.2) is 42.5 Å². The van der Waals surface area contributed by atoms with Gasteiger partial charge in [0.1, 0.15) is 6.29 Å². The highest BCUT2D eigenvalue weighted by Gasteiger charge is 2.40. The first-order valence-corrected chi connectivity index (χ1v) is 4.80. The minimum atomic E-state index is 0.365. The van der Waals surface area contributed by atoms with E-state index in [0.717, 1.165) is 19.4 Å². The van der Waals surface area contributed by atoms with Gasteiger partial charge in [-0.05, 0) is 19.4 Å². The van der Waals surface area contributed by atoms with Crippen LogP contribution in [0.5, 0.6) is 0 Å². The average Bonchev–Trinajstić information content (AvgIpc) is 2.74. The molecule has 0 spiro atoms. The standard InChI is InChI=1S/C10H15NO2/c1-8(3-2-4-12)11-6-10-5-9(11)7-13-10/h2-4,8-10H,5-7H2,1H3/b3-2+/t8-,9?,10?/m1/s1. The quantitative estimate of drug-likeness (QED) is 0.472. The largest absolute Gasteiger partial charge is 0.375 e. The molecule has 0 aromatic heterocycles. The molecule has 13 heavy (non-hydrogen) atoms. The van der Waals surface area contributed by atoms with Crippen LogP contribution in [0.4, 0.5) is 0 Å². The summed E-state index contributed by atoms with van der Waals surface area (Å²) in [7, 11) is 0. The van der Waals surface area contributed by atoms with Crippen LogP contribution in [-0.2, 0) is 9.53 Å². The average molecular weight is 181 g/mol. The van der Waals surface area contributed by atoms with E-state index in [-0.39, 0.29) is 0 Å². The second kappa shape index (κ2) is 3.60. The summed E-state index contributed by atoms with van der Waals surface area (Å²) >= 11 is 0. The van der Waals surface area contributed by atoms with Gasteiger partial charge in [0.25, 0.3) is 0 Å². The van der Waals surface area contributed by atoms with Crippen molar-refractivity contribution in [3.63, 3.8) is 0 Å². The summed E-state index contributed by atoms with van der Waals surface area (Å²) in [6, 6.07) is 0.945. The Morgan fingerprint density at radius 2 is 2.46 bits per heavy atom. The minimum Gasteiger partial charge on any atom is -0.375 e. The van der Waals surface area contributed by atoms with Crippen molar-refractivity contribution in [1.29, 1.82) is 0 Å². The topological polar surface area (TPSA) is 29.5 Å². The van der Waals surface area contributed by atoms with E-state index in [4.69, 9.17) is 4.74 Å². The monoisotopic (exact) mass is 181 g/mol. The molecule has 72 valence electrons. The van der Waals surface area contributed by atoms with Crippen molar-refractivity contribution >= 4 is 6.29 Å². The van der Waals surface area contributed by atoms with Crippen LogP contribution < -0.4 is 0 Å². The van der Waals surface area contributed by atoms with Gasteiger partial charge in [0.15, 0.2) is 0 Å². The van der Waals surface area contributed by atoms with E-state index < -0.39 is 0 Å². The zero-order chi connectivity index (χ0) is 9.26. The third-order valence-electron chi connectivity index (χ3n) is 2.93. The summed E-state index contributed by atoms with van der Waals surface area (Å²) in [6.07, 6.45) is 5.98. The van der Waals surface area contributed by atoms with Crippen LogP contribution in [0.2, 0.25) is 0 Å². The molecule has 2 bridgehead atoms. The van der Waals surface area contributed by atoms with Gasteiger partial charge in [0.05, 0.1) is 12.7 Å². The molecule has 2 fully saturated rings. The molecule has 2 aliphatic heterocycles. The summed E-state index contributed by atoms with van der Waals surface area (Å²) in [5, 5.41) is 0. The number of carbonyl (C=O) groups is 1. The Hall–Kier alpha value is -0.670. The number of allylic oxidation sites excluding steroid dienone is 1. The Morgan fingerprint density at radius 1 is 1.62 bits per heavy atom. The van der Waals surface area contributed by atoms with Gasteiger partial charge in [-0.1, -0.05) is 6.08 Å². The number of nitrogens with zero attached hydrogens (tertiary/aromatic N) is 1. The van der Waals surface area contributed by atoms with Crippen molar-refractivity contribution in [2.75, 3.05) is 13.2 Å². The first kappa shape index (κ1) is 8.91. The SMILES string of the molecule is C[C@H](/C=C/C=O)N1CC2CC1CO2. The zero-order valence-electron chi connectivity index (χ0n) is 7.85. The van der Waals surface area contributed by atoms with Crippen molar-refractivity contribution < 1.29 is 9.53 Å². The fourth-order valence-electron chi connectivity index (χ4n) is 2.24. The number of hydrogen-bond donors (Lipinski definition) is 0. The van der Waals surface area contributed by atoms with Crippen molar-refractivity contribution in [3.8, 4) is 0 Å². The first-order chi connectivity index (χ1) is 6.31. The number of aldehydes is 1. The number of carbonyl (C=O) groups excluding carboxylic acids is 1. The van der Waals surface area contributed by atoms with E-state index >= 15 is 0 Å². The first-order valence-electron chi connectivity index (χ1n) is 4.80. The molecule has 0 radical (unpaired) electrons. The molecule has 0 aliphatic carbocycles. The van der Waals surface area contributed by atoms with E-state index in [1.165, 1.54) is 6.42 Å². The van der Waals surface area contributed by atoms with Crippen LogP contribution in [0.25, 0.3) is 0 Å². The Labute approximate surface area is 78.4 Å². The summed E-state index contributed by atoms with van der Waals surface area (Å²) in [4.78, 5) is 12.6. The van der Waals surface area contributed by atoms with E-state index in [9.17, 15) is 4.79 Å². The van der Waals surface area contributed by atoms with E-state index in [0.29, 0.717) is 18.2 Å². The maximum Gasteiger partial charge on any atom is 0.142 e. The Kier molecular flexibility index (Phi) is 2.47. The van der Waals surface area contributed by atoms with Gasteiger partial charge < -0.3 is 4.74 Å². The van der Waals surface area contributed by atoms with Crippen LogP contribution in [0.1, 0.15) is 13.3 Å². The van der Waals surface area contributed by atoms with Crippen molar-refractivity contribution in [2.45, 2.75) is 31.5 Å². The Balaban J connectivity index is 1.94. The summed E-state index contributed by atoms with van der Waals surface area (Å²) in [5.74, 6) is 0. The Morgan fingerprint density at radius 3 is 3.00 bits per heavy atom. The summed E-state index contributed by atoms with van der Waals surface area (Å²) in [6.45, 7) is 4.01. The molecule has 2 saturated heterocycles. The van der Waals surface area contributed by atoms with Crippen LogP contribution >= 0.6 is 0 Å². The van der Waals surface area contributed by atoms with Gasteiger partial charge in [-0.25, -0.2) is 0 Å². The van der Waals surface area contributed by atoms with E-state index in [1.54, 1.807) is 6.08 Å². The normalized spacial score (nSPS) is 35.8. The van der Waals surface area contributed by atoms with Gasteiger partial charge in [0.2, 0.25) is 0 Å². The fourth-order valence-corrected chi connectivity index (χ4v) is 2.24. The molecule has 0 N–H and O–H groups in total. The zero-order valence-corrected chi connectivity index (χ0v) is 7.85. The fraction of sp³-hybridized carbons (Fsp3) is 0.700. The lowest BCUT2D eigenvalue weighted by molar-refractivity contribution is -0.104. The maximum atomic E-state index is 10.2. The lowest BCUT2D eigenvalue weighted by Crippen LogP contribution is -2.41. The third kappa shape index (κ3) is 1.67. The molecule has 0 saturated carbocycles. The minimum absolute atomic E-state index is 0.365. The molecule has 3 nitrogen and oxygen atoms in total. The highest BCUT2D eigenvalue weighted by molar-refractivity contribution is 5.64. The molecule has 3 atom stereocenters. The second-order valence-electron chi connectivity index (χ2n) is 3.80. The smallest absolute Gasteiger partial charge is 0.142 e. The molecular formula is C10H15NO2. The van der Waals surface area contributed by atoms with Gasteiger partial charge in [-0.15, -0.1) is 0 Å². The van der Waals surface area contributed by atoms with Crippen molar-refractivity contribution in [1.82, 2.24) is 4.90 Å². The van der Waals surface area contributed by atoms with Gasteiger partial charge >= 0.3 is 0 Å². The van der Waals surface area contributed by atoms with Gasteiger partial charge in [0, 0.05) is 18.6 Å². The highest BCUT2D eigenvalue weighted by atomic mass is 16.5.